The number of aromatic nitrogens is 2. The second-order valence-electron chi connectivity index (χ2n) is 5.10. The molecule has 3 rings (SSSR count). The van der Waals surface area contributed by atoms with Gasteiger partial charge in [-0.15, -0.1) is 0 Å². The zero-order valence-electron chi connectivity index (χ0n) is 11.5. The third kappa shape index (κ3) is 3.00. The quantitative estimate of drug-likeness (QED) is 0.554. The van der Waals surface area contributed by atoms with E-state index < -0.39 is 12.0 Å². The number of anilines is 2. The van der Waals surface area contributed by atoms with Crippen molar-refractivity contribution in [1.82, 2.24) is 10.2 Å². The van der Waals surface area contributed by atoms with Gasteiger partial charge >= 0.3 is 12.0 Å². The Kier molecular flexibility index (Phi) is 3.42. The van der Waals surface area contributed by atoms with E-state index in [9.17, 15) is 14.7 Å². The number of phenols is 1. The molecule has 5 N–H and O–H groups in total. The summed E-state index contributed by atoms with van der Waals surface area (Å²) in [4.78, 5) is 22.8. The number of benzene rings is 1. The lowest BCUT2D eigenvalue weighted by Crippen LogP contribution is -2.19. The largest absolute Gasteiger partial charge is 0.507 e. The molecule has 1 aromatic heterocycles. The summed E-state index contributed by atoms with van der Waals surface area (Å²) in [5, 5.41) is 30.2. The van der Waals surface area contributed by atoms with Gasteiger partial charge in [0.15, 0.2) is 0 Å². The number of aromatic amines is 1. The molecular formula is C14H14N4O4. The van der Waals surface area contributed by atoms with Crippen LogP contribution in [0.3, 0.4) is 0 Å². The molecule has 1 heterocycles. The predicted octanol–water partition coefficient (Wildman–Crippen LogP) is 2.33. The highest BCUT2D eigenvalue weighted by molar-refractivity contribution is 6.00. The molecule has 8 nitrogen and oxygen atoms in total. The third-order valence-electron chi connectivity index (χ3n) is 3.33. The number of amides is 2. The standard InChI is InChI=1S/C14H14N4O4/c19-11-4-3-8(5-9(11)13(20)21)15-14(22)16-12-6-10(17-18-12)7-1-2-7/h3-7,19H,1-2H2,(H,20,21)(H3,15,16,17,18,22). The average Bonchev–Trinajstić information content (AvgIpc) is 3.21. The van der Waals surface area contributed by atoms with E-state index in [1.54, 1.807) is 6.07 Å². The van der Waals surface area contributed by atoms with E-state index in [1.165, 1.54) is 18.2 Å². The van der Waals surface area contributed by atoms with Crippen LogP contribution in [0, 0.1) is 0 Å². The van der Waals surface area contributed by atoms with E-state index in [1.807, 2.05) is 0 Å². The molecule has 0 saturated heterocycles. The highest BCUT2D eigenvalue weighted by Crippen LogP contribution is 2.39. The molecule has 0 atom stereocenters. The first-order chi connectivity index (χ1) is 10.5. The summed E-state index contributed by atoms with van der Waals surface area (Å²) in [6.07, 6.45) is 2.23. The number of carboxylic acid groups (broad SMARTS) is 1. The number of H-pyrrole nitrogens is 1. The zero-order valence-corrected chi connectivity index (χ0v) is 11.5. The predicted molar refractivity (Wildman–Crippen MR) is 78.3 cm³/mol. The Morgan fingerprint density at radius 2 is 2.00 bits per heavy atom. The summed E-state index contributed by atoms with van der Waals surface area (Å²) >= 11 is 0. The fraction of sp³-hybridized carbons (Fsp3) is 0.214. The van der Waals surface area contributed by atoms with Gasteiger partial charge in [0.05, 0.1) is 5.69 Å². The van der Waals surface area contributed by atoms with Crippen molar-refractivity contribution in [2.45, 2.75) is 18.8 Å². The third-order valence-corrected chi connectivity index (χ3v) is 3.33. The highest BCUT2D eigenvalue weighted by atomic mass is 16.4. The SMILES string of the molecule is O=C(Nc1ccc(O)c(C(=O)O)c1)Nc1cc(C2CC2)n[nH]1. The number of rotatable bonds is 4. The second kappa shape index (κ2) is 5.40. The van der Waals surface area contributed by atoms with Gasteiger partial charge in [0, 0.05) is 17.7 Å². The number of carbonyl (C=O) groups is 2. The lowest BCUT2D eigenvalue weighted by Gasteiger charge is -2.07. The number of nitrogens with zero attached hydrogens (tertiary/aromatic N) is 1. The van der Waals surface area contributed by atoms with Gasteiger partial charge in [0.25, 0.3) is 0 Å². The summed E-state index contributed by atoms with van der Waals surface area (Å²) in [6, 6.07) is 5.04. The number of hydrogen-bond acceptors (Lipinski definition) is 4. The summed E-state index contributed by atoms with van der Waals surface area (Å²) < 4.78 is 0. The summed E-state index contributed by atoms with van der Waals surface area (Å²) in [5.41, 5.74) is 0.901. The molecule has 114 valence electrons. The molecule has 1 saturated carbocycles. The number of hydrogen-bond donors (Lipinski definition) is 5. The Morgan fingerprint density at radius 3 is 2.68 bits per heavy atom. The van der Waals surface area contributed by atoms with Crippen LogP contribution in [0.4, 0.5) is 16.3 Å². The van der Waals surface area contributed by atoms with E-state index in [4.69, 9.17) is 5.11 Å². The number of nitrogens with one attached hydrogen (secondary N) is 3. The topological polar surface area (TPSA) is 127 Å². The molecule has 8 heteroatoms. The van der Waals surface area contributed by atoms with Crippen molar-refractivity contribution in [2.24, 2.45) is 0 Å². The van der Waals surface area contributed by atoms with Gasteiger partial charge in [-0.3, -0.25) is 10.4 Å². The highest BCUT2D eigenvalue weighted by Gasteiger charge is 2.26. The van der Waals surface area contributed by atoms with E-state index in [-0.39, 0.29) is 17.0 Å². The molecule has 2 aromatic rings. The van der Waals surface area contributed by atoms with E-state index >= 15 is 0 Å². The fourth-order valence-corrected chi connectivity index (χ4v) is 2.06. The monoisotopic (exact) mass is 302 g/mol. The Morgan fingerprint density at radius 1 is 1.23 bits per heavy atom. The molecule has 0 aliphatic heterocycles. The molecule has 1 aliphatic rings. The first kappa shape index (κ1) is 13.9. The van der Waals surface area contributed by atoms with Crippen LogP contribution in [0.15, 0.2) is 24.3 Å². The zero-order chi connectivity index (χ0) is 15.7. The molecule has 1 aliphatic carbocycles. The number of aromatic hydroxyl groups is 1. The lowest BCUT2D eigenvalue weighted by molar-refractivity contribution is 0.0693. The van der Waals surface area contributed by atoms with Crippen LogP contribution in [-0.4, -0.2) is 32.4 Å². The van der Waals surface area contributed by atoms with Crippen molar-refractivity contribution in [3.63, 3.8) is 0 Å². The van der Waals surface area contributed by atoms with Crippen molar-refractivity contribution in [1.29, 1.82) is 0 Å². The van der Waals surface area contributed by atoms with Crippen LogP contribution in [0.25, 0.3) is 0 Å². The van der Waals surface area contributed by atoms with Gasteiger partial charge in [0.2, 0.25) is 0 Å². The van der Waals surface area contributed by atoms with Gasteiger partial charge in [-0.2, -0.15) is 5.10 Å². The van der Waals surface area contributed by atoms with Crippen molar-refractivity contribution < 1.29 is 19.8 Å². The van der Waals surface area contributed by atoms with Crippen LogP contribution in [0.5, 0.6) is 5.75 Å². The molecule has 1 aromatic carbocycles. The van der Waals surface area contributed by atoms with Crippen molar-refractivity contribution in [2.75, 3.05) is 10.6 Å². The summed E-state index contributed by atoms with van der Waals surface area (Å²) in [6.45, 7) is 0. The number of carbonyl (C=O) groups excluding carboxylic acids is 1. The van der Waals surface area contributed by atoms with Gasteiger partial charge < -0.3 is 15.5 Å². The smallest absolute Gasteiger partial charge is 0.339 e. The number of urea groups is 1. The van der Waals surface area contributed by atoms with Crippen molar-refractivity contribution >= 4 is 23.5 Å². The van der Waals surface area contributed by atoms with Gasteiger partial charge in [-0.1, -0.05) is 0 Å². The van der Waals surface area contributed by atoms with Crippen LogP contribution < -0.4 is 10.6 Å². The Hall–Kier alpha value is -3.03. The molecular weight excluding hydrogens is 288 g/mol. The number of aromatic carboxylic acids is 1. The lowest BCUT2D eigenvalue weighted by atomic mass is 10.2. The molecule has 22 heavy (non-hydrogen) atoms. The van der Waals surface area contributed by atoms with Gasteiger partial charge in [-0.25, -0.2) is 9.59 Å². The van der Waals surface area contributed by atoms with Crippen LogP contribution >= 0.6 is 0 Å². The minimum atomic E-state index is -1.27. The van der Waals surface area contributed by atoms with E-state index in [0.29, 0.717) is 11.7 Å². The normalized spacial score (nSPS) is 13.6. The molecule has 0 spiro atoms. The van der Waals surface area contributed by atoms with Crippen LogP contribution in [-0.2, 0) is 0 Å². The molecule has 0 bridgehead atoms. The first-order valence-electron chi connectivity index (χ1n) is 6.72. The van der Waals surface area contributed by atoms with Crippen molar-refractivity contribution in [3.8, 4) is 5.75 Å². The summed E-state index contributed by atoms with van der Waals surface area (Å²) in [5.74, 6) is -0.688. The Bertz CT molecular complexity index is 736. The second-order valence-corrected chi connectivity index (χ2v) is 5.10. The molecule has 2 amide bonds. The maximum atomic E-state index is 11.9. The minimum Gasteiger partial charge on any atom is -0.507 e. The van der Waals surface area contributed by atoms with Crippen LogP contribution in [0.1, 0.15) is 34.8 Å². The maximum absolute atomic E-state index is 11.9. The first-order valence-corrected chi connectivity index (χ1v) is 6.72. The van der Waals surface area contributed by atoms with E-state index in [2.05, 4.69) is 20.8 Å². The molecule has 1 fully saturated rings. The Labute approximate surface area is 125 Å². The van der Waals surface area contributed by atoms with E-state index in [0.717, 1.165) is 18.5 Å². The number of carboxylic acids is 1. The van der Waals surface area contributed by atoms with Gasteiger partial charge in [0.1, 0.15) is 17.1 Å². The Balaban J connectivity index is 1.65. The van der Waals surface area contributed by atoms with Crippen LogP contribution in [0.2, 0.25) is 0 Å². The minimum absolute atomic E-state index is 0.259. The van der Waals surface area contributed by atoms with Crippen molar-refractivity contribution in [3.05, 3.63) is 35.5 Å². The van der Waals surface area contributed by atoms with Gasteiger partial charge in [-0.05, 0) is 31.0 Å². The average molecular weight is 302 g/mol. The fourth-order valence-electron chi connectivity index (χ4n) is 2.06. The summed E-state index contributed by atoms with van der Waals surface area (Å²) in [7, 11) is 0. The molecule has 0 unspecified atom stereocenters. The maximum Gasteiger partial charge on any atom is 0.339 e. The molecule has 0 radical (unpaired) electrons.